The van der Waals surface area contributed by atoms with Gasteiger partial charge in [-0.25, -0.2) is 0 Å². The minimum atomic E-state index is -0.557. The fourth-order valence-corrected chi connectivity index (χ4v) is 5.50. The van der Waals surface area contributed by atoms with Gasteiger partial charge in [-0.2, -0.15) is 0 Å². The van der Waals surface area contributed by atoms with Crippen LogP contribution in [-0.2, 0) is 9.59 Å². The monoisotopic (exact) mass is 628 g/mol. The Hall–Kier alpha value is -5.67. The van der Waals surface area contributed by atoms with Gasteiger partial charge in [0, 0.05) is 28.5 Å². The normalized spacial score (nSPS) is 11.6. The molecule has 1 heterocycles. The smallest absolute Gasteiger partial charge is 0.272 e. The van der Waals surface area contributed by atoms with Crippen molar-refractivity contribution in [3.63, 3.8) is 0 Å². The summed E-state index contributed by atoms with van der Waals surface area (Å²) in [5.41, 5.74) is 3.10. The molecule has 0 saturated carbocycles. The maximum Gasteiger partial charge on any atom is 0.272 e. The van der Waals surface area contributed by atoms with Gasteiger partial charge < -0.3 is 20.7 Å². The number of hydrogen-bond acceptors (Lipinski definition) is 6. The van der Waals surface area contributed by atoms with Crippen LogP contribution >= 0.6 is 11.8 Å². The van der Waals surface area contributed by atoms with Gasteiger partial charge in [-0.1, -0.05) is 66.7 Å². The lowest BCUT2D eigenvalue weighted by Crippen LogP contribution is -2.30. The Morgan fingerprint density at radius 3 is 2.20 bits per heavy atom. The lowest BCUT2D eigenvalue weighted by molar-refractivity contribution is -0.116. The van der Waals surface area contributed by atoms with E-state index in [1.807, 2.05) is 79.7 Å². The molecule has 0 radical (unpaired) electrons. The van der Waals surface area contributed by atoms with Gasteiger partial charge in [-0.3, -0.25) is 19.4 Å². The van der Waals surface area contributed by atoms with E-state index in [-0.39, 0.29) is 11.6 Å². The molecule has 9 heteroatoms. The van der Waals surface area contributed by atoms with Crippen LogP contribution in [0.1, 0.15) is 33.7 Å². The minimum absolute atomic E-state index is 0.0634. The maximum atomic E-state index is 13.6. The Morgan fingerprint density at radius 1 is 0.804 bits per heavy atom. The molecule has 0 aliphatic rings. The number of hydrogen-bond donors (Lipinski definition) is 3. The van der Waals surface area contributed by atoms with Crippen LogP contribution in [0, 0.1) is 0 Å². The molecule has 8 nitrogen and oxygen atoms in total. The van der Waals surface area contributed by atoms with Gasteiger partial charge >= 0.3 is 0 Å². The van der Waals surface area contributed by atoms with Crippen LogP contribution in [0.5, 0.6) is 5.75 Å². The van der Waals surface area contributed by atoms with Crippen molar-refractivity contribution in [1.82, 2.24) is 10.3 Å². The molecular weight excluding hydrogens is 596 g/mol. The average molecular weight is 629 g/mol. The van der Waals surface area contributed by atoms with Crippen molar-refractivity contribution in [1.29, 1.82) is 0 Å². The number of rotatable bonds is 12. The van der Waals surface area contributed by atoms with Crippen LogP contribution in [0.2, 0.25) is 0 Å². The summed E-state index contributed by atoms with van der Waals surface area (Å²) in [7, 11) is 0. The van der Waals surface area contributed by atoms with E-state index >= 15 is 0 Å². The Labute approximate surface area is 271 Å². The van der Waals surface area contributed by atoms with Crippen LogP contribution in [0.25, 0.3) is 6.08 Å². The fourth-order valence-electron chi connectivity index (χ4n) is 4.47. The third-order valence-corrected chi connectivity index (χ3v) is 7.94. The zero-order chi connectivity index (χ0) is 32.1. The third-order valence-electron chi connectivity index (χ3n) is 6.68. The van der Waals surface area contributed by atoms with E-state index < -0.39 is 17.1 Å². The van der Waals surface area contributed by atoms with Gasteiger partial charge in [0.05, 0.1) is 12.3 Å². The number of carbonyl (C=O) groups is 3. The molecule has 1 atom stereocenters. The number of nitrogens with one attached hydrogen (secondary N) is 3. The van der Waals surface area contributed by atoms with Crippen LogP contribution in [0.3, 0.4) is 0 Å². The SMILES string of the molecule is CCOc1ccccc1NC(=O)C(Sc1ccc(NC(=O)/C(=C/c2cccnc2)NC(=O)c2ccccc2)cc1)c1ccccc1. The minimum Gasteiger partial charge on any atom is -0.492 e. The molecule has 0 aliphatic heterocycles. The first-order valence-corrected chi connectivity index (χ1v) is 15.5. The van der Waals surface area contributed by atoms with Gasteiger partial charge in [0.25, 0.3) is 11.8 Å². The van der Waals surface area contributed by atoms with Crippen LogP contribution < -0.4 is 20.7 Å². The zero-order valence-corrected chi connectivity index (χ0v) is 25.9. The molecule has 3 amide bonds. The lowest BCUT2D eigenvalue weighted by atomic mass is 10.1. The van der Waals surface area contributed by atoms with Gasteiger partial charge in [-0.15, -0.1) is 11.8 Å². The molecule has 3 N–H and O–H groups in total. The van der Waals surface area contributed by atoms with Crippen molar-refractivity contribution in [3.8, 4) is 5.75 Å². The number of para-hydroxylation sites is 2. The standard InChI is InChI=1S/C37H32N4O4S/c1-2-45-33-18-10-9-17-31(33)40-37(44)34(27-13-5-3-6-14-27)46-30-21-19-29(20-22-30)39-36(43)32(24-26-12-11-23-38-25-26)41-35(42)28-15-7-4-8-16-28/h3-25,34H,2H2,1H3,(H,39,43)(H,40,44)(H,41,42)/b32-24-. The Kier molecular flexibility index (Phi) is 11.0. The number of carbonyl (C=O) groups excluding carboxylic acids is 3. The first-order chi connectivity index (χ1) is 22.5. The van der Waals surface area contributed by atoms with Gasteiger partial charge in [0.1, 0.15) is 16.7 Å². The number of pyridine rings is 1. The quantitative estimate of drug-likeness (QED) is 0.0984. The molecule has 230 valence electrons. The number of nitrogens with zero attached hydrogens (tertiary/aromatic N) is 1. The molecule has 0 aliphatic carbocycles. The summed E-state index contributed by atoms with van der Waals surface area (Å²) in [5.74, 6) is -0.498. The molecule has 1 aromatic heterocycles. The Bertz CT molecular complexity index is 1800. The topological polar surface area (TPSA) is 109 Å². The summed E-state index contributed by atoms with van der Waals surface area (Å²) in [6, 6.07) is 36.3. The van der Waals surface area contributed by atoms with E-state index in [1.54, 1.807) is 67.0 Å². The van der Waals surface area contributed by atoms with E-state index in [2.05, 4.69) is 20.9 Å². The second kappa shape index (κ2) is 15.9. The van der Waals surface area contributed by atoms with E-state index in [0.29, 0.717) is 34.9 Å². The summed E-state index contributed by atoms with van der Waals surface area (Å²) < 4.78 is 5.69. The van der Waals surface area contributed by atoms with Crippen molar-refractivity contribution in [2.75, 3.05) is 17.2 Å². The molecule has 5 aromatic rings. The summed E-state index contributed by atoms with van der Waals surface area (Å²) >= 11 is 1.39. The molecule has 4 aromatic carbocycles. The number of ether oxygens (including phenoxy) is 1. The largest absolute Gasteiger partial charge is 0.492 e. The first-order valence-electron chi connectivity index (χ1n) is 14.6. The number of anilines is 2. The fraction of sp³-hybridized carbons (Fsp3) is 0.0811. The van der Waals surface area contributed by atoms with Crippen LogP contribution in [-0.4, -0.2) is 29.3 Å². The highest BCUT2D eigenvalue weighted by molar-refractivity contribution is 8.00. The van der Waals surface area contributed by atoms with Crippen molar-refractivity contribution < 1.29 is 19.1 Å². The number of thioether (sulfide) groups is 1. The molecule has 0 saturated heterocycles. The maximum absolute atomic E-state index is 13.6. The molecule has 0 fully saturated rings. The van der Waals surface area contributed by atoms with Gasteiger partial charge in [-0.05, 0) is 78.7 Å². The van der Waals surface area contributed by atoms with Gasteiger partial charge in [0.2, 0.25) is 5.91 Å². The second-order valence-corrected chi connectivity index (χ2v) is 11.1. The summed E-state index contributed by atoms with van der Waals surface area (Å²) in [4.78, 5) is 44.8. The van der Waals surface area contributed by atoms with Crippen molar-refractivity contribution in [2.45, 2.75) is 17.1 Å². The first kappa shape index (κ1) is 31.7. The zero-order valence-electron chi connectivity index (χ0n) is 25.1. The summed E-state index contributed by atoms with van der Waals surface area (Å²) in [6.45, 7) is 2.37. The van der Waals surface area contributed by atoms with E-state index in [4.69, 9.17) is 4.74 Å². The highest BCUT2D eigenvalue weighted by atomic mass is 32.2. The van der Waals surface area contributed by atoms with Crippen molar-refractivity contribution >= 4 is 46.9 Å². The summed E-state index contributed by atoms with van der Waals surface area (Å²) in [6.07, 6.45) is 4.80. The van der Waals surface area contributed by atoms with Gasteiger partial charge in [0.15, 0.2) is 0 Å². The third kappa shape index (κ3) is 8.71. The van der Waals surface area contributed by atoms with E-state index in [0.717, 1.165) is 10.5 Å². The number of benzene rings is 4. The highest BCUT2D eigenvalue weighted by Crippen LogP contribution is 2.37. The van der Waals surface area contributed by atoms with Crippen LogP contribution in [0.15, 0.2) is 144 Å². The number of aromatic nitrogens is 1. The highest BCUT2D eigenvalue weighted by Gasteiger charge is 2.23. The van der Waals surface area contributed by atoms with E-state index in [9.17, 15) is 14.4 Å². The number of amides is 3. The van der Waals surface area contributed by atoms with Crippen LogP contribution in [0.4, 0.5) is 11.4 Å². The molecule has 1 unspecified atom stereocenters. The second-order valence-electron chi connectivity index (χ2n) is 9.97. The molecule has 0 spiro atoms. The van der Waals surface area contributed by atoms with E-state index in [1.165, 1.54) is 11.8 Å². The molecule has 0 bridgehead atoms. The van der Waals surface area contributed by atoms with Crippen molar-refractivity contribution in [2.24, 2.45) is 0 Å². The lowest BCUT2D eigenvalue weighted by Gasteiger charge is -2.19. The molecule has 46 heavy (non-hydrogen) atoms. The predicted octanol–water partition coefficient (Wildman–Crippen LogP) is 7.36. The average Bonchev–Trinajstić information content (AvgIpc) is 3.09. The predicted molar refractivity (Wildman–Crippen MR) is 182 cm³/mol. The van der Waals surface area contributed by atoms with Crippen molar-refractivity contribution in [3.05, 3.63) is 156 Å². The summed E-state index contributed by atoms with van der Waals surface area (Å²) in [5, 5.41) is 8.05. The molecular formula is C37H32N4O4S. The Balaban J connectivity index is 1.32. The Morgan fingerprint density at radius 2 is 1.50 bits per heavy atom. The molecule has 5 rings (SSSR count).